The molecule has 1 atom stereocenters. The maximum absolute atomic E-state index is 2.59. The minimum absolute atomic E-state index is 0.165. The van der Waals surface area contributed by atoms with Crippen molar-refractivity contribution in [1.29, 1.82) is 0 Å². The van der Waals surface area contributed by atoms with E-state index < -0.39 is 0 Å². The maximum Gasteiger partial charge on any atom is 0.174 e. The van der Waals surface area contributed by atoms with E-state index in [2.05, 4.69) is 52.7 Å². The van der Waals surface area contributed by atoms with Gasteiger partial charge in [0, 0.05) is 13.1 Å². The minimum atomic E-state index is 0.165. The quantitative estimate of drug-likeness (QED) is 0.342. The Labute approximate surface area is 99.6 Å². The molecule has 0 saturated carbocycles. The fourth-order valence-electron chi connectivity index (χ4n) is 1.76. The first-order valence-corrected chi connectivity index (χ1v) is 7.08. The van der Waals surface area contributed by atoms with E-state index in [1.54, 1.807) is 0 Å². The highest BCUT2D eigenvalue weighted by atomic mass is 127. The van der Waals surface area contributed by atoms with Crippen molar-refractivity contribution in [3.63, 3.8) is 0 Å². The summed E-state index contributed by atoms with van der Waals surface area (Å²) < 4.78 is 0.165. The summed E-state index contributed by atoms with van der Waals surface area (Å²) in [6, 6.07) is 0. The molecule has 2 nitrogen and oxygen atoms in total. The molecule has 1 saturated heterocycles. The van der Waals surface area contributed by atoms with Crippen LogP contribution in [0.3, 0.4) is 0 Å². The molecule has 78 valence electrons. The zero-order valence-corrected chi connectivity index (χ0v) is 11.7. The van der Waals surface area contributed by atoms with Gasteiger partial charge in [-0.05, 0) is 55.8 Å². The topological polar surface area (TPSA) is 6.48 Å². The van der Waals surface area contributed by atoms with E-state index in [0.717, 1.165) is 0 Å². The van der Waals surface area contributed by atoms with Crippen LogP contribution in [0.15, 0.2) is 0 Å². The van der Waals surface area contributed by atoms with E-state index >= 15 is 0 Å². The number of hydrogen-bond donors (Lipinski definition) is 0. The van der Waals surface area contributed by atoms with Crippen LogP contribution < -0.4 is 0 Å². The fraction of sp³-hybridized carbons (Fsp3) is 1.00. The van der Waals surface area contributed by atoms with Gasteiger partial charge >= 0.3 is 0 Å². The summed E-state index contributed by atoms with van der Waals surface area (Å²) in [6.45, 7) is 2.50. The third kappa shape index (κ3) is 2.73. The average molecular weight is 314 g/mol. The van der Waals surface area contributed by atoms with E-state index in [-0.39, 0.29) is 3.00 Å². The Balaban J connectivity index is 2.62. The van der Waals surface area contributed by atoms with Crippen LogP contribution in [-0.4, -0.2) is 46.2 Å². The molecule has 1 unspecified atom stereocenters. The lowest BCUT2D eigenvalue weighted by Crippen LogP contribution is -2.52. The number of rotatable bonds is 3. The Morgan fingerprint density at radius 2 is 1.77 bits per heavy atom. The number of likely N-dealkylation sites (tertiary alicyclic amines) is 1. The van der Waals surface area contributed by atoms with Crippen LogP contribution >= 0.6 is 34.4 Å². The van der Waals surface area contributed by atoms with Crippen LogP contribution in [0.25, 0.3) is 0 Å². The second-order valence-corrected chi connectivity index (χ2v) is 6.89. The Hall–Kier alpha value is 1.00. The van der Waals surface area contributed by atoms with Crippen molar-refractivity contribution in [3.8, 4) is 0 Å². The number of hydrogen-bond acceptors (Lipinski definition) is 3. The Kier molecular flexibility index (Phi) is 4.82. The first kappa shape index (κ1) is 12.1. The van der Waals surface area contributed by atoms with Crippen molar-refractivity contribution in [2.45, 2.75) is 22.3 Å². The maximum atomic E-state index is 2.59. The molecule has 1 rings (SSSR count). The molecule has 1 fully saturated rings. The molecule has 4 heteroatoms. The molecular formula is C9H19IN2S. The summed E-state index contributed by atoms with van der Waals surface area (Å²) >= 11 is 4.49. The first-order valence-electron chi connectivity index (χ1n) is 4.78. The monoisotopic (exact) mass is 314 g/mol. The van der Waals surface area contributed by atoms with Crippen molar-refractivity contribution >= 4 is 34.4 Å². The molecule has 0 spiro atoms. The van der Waals surface area contributed by atoms with Gasteiger partial charge in [-0.2, -0.15) is 0 Å². The lowest BCUT2D eigenvalue weighted by Gasteiger charge is -2.44. The van der Waals surface area contributed by atoms with Gasteiger partial charge in [0.1, 0.15) is 0 Å². The van der Waals surface area contributed by atoms with Crippen LogP contribution in [0.4, 0.5) is 0 Å². The molecule has 0 aromatic carbocycles. The van der Waals surface area contributed by atoms with Crippen molar-refractivity contribution in [3.05, 3.63) is 0 Å². The van der Waals surface area contributed by atoms with Gasteiger partial charge in [0.15, 0.2) is 3.00 Å². The standard InChI is InChI=1S/C9H19IN2S/c1-11(2)9(10,13-3)12-7-5-4-6-8-12/h4-8H2,1-3H3. The van der Waals surface area contributed by atoms with Gasteiger partial charge in [0.25, 0.3) is 0 Å². The van der Waals surface area contributed by atoms with E-state index in [9.17, 15) is 0 Å². The van der Waals surface area contributed by atoms with Gasteiger partial charge in [0.05, 0.1) is 0 Å². The number of thioether (sulfide) groups is 1. The van der Waals surface area contributed by atoms with Crippen LogP contribution in [0.1, 0.15) is 19.3 Å². The smallest absolute Gasteiger partial charge is 0.174 e. The molecule has 0 bridgehead atoms. The molecule has 0 radical (unpaired) electrons. The molecule has 1 aliphatic heterocycles. The number of halogens is 1. The van der Waals surface area contributed by atoms with Crippen molar-refractivity contribution in [2.24, 2.45) is 0 Å². The van der Waals surface area contributed by atoms with Gasteiger partial charge in [-0.15, -0.1) is 11.8 Å². The zero-order valence-electron chi connectivity index (χ0n) is 8.72. The zero-order chi connectivity index (χ0) is 9.90. The van der Waals surface area contributed by atoms with Crippen molar-refractivity contribution in [2.75, 3.05) is 33.4 Å². The lowest BCUT2D eigenvalue weighted by atomic mass is 10.1. The van der Waals surface area contributed by atoms with Crippen molar-refractivity contribution in [1.82, 2.24) is 9.80 Å². The fourth-order valence-corrected chi connectivity index (χ4v) is 3.05. The highest BCUT2D eigenvalue weighted by molar-refractivity contribution is 14.1. The molecular weight excluding hydrogens is 295 g/mol. The van der Waals surface area contributed by atoms with Gasteiger partial charge < -0.3 is 0 Å². The van der Waals surface area contributed by atoms with Crippen LogP contribution in [0.5, 0.6) is 0 Å². The third-order valence-electron chi connectivity index (χ3n) is 2.56. The summed E-state index contributed by atoms with van der Waals surface area (Å²) in [5.74, 6) is 0. The first-order chi connectivity index (χ1) is 6.11. The molecule has 0 aromatic rings. The summed E-state index contributed by atoms with van der Waals surface area (Å²) in [5, 5.41) is 0. The second-order valence-electron chi connectivity index (χ2n) is 3.68. The summed E-state index contributed by atoms with van der Waals surface area (Å²) in [6.07, 6.45) is 6.32. The van der Waals surface area contributed by atoms with E-state index in [1.807, 2.05) is 11.8 Å². The predicted octanol–water partition coefficient (Wildman–Crippen LogP) is 2.44. The summed E-state index contributed by atoms with van der Waals surface area (Å²) in [5.41, 5.74) is 0. The Morgan fingerprint density at radius 3 is 2.15 bits per heavy atom. The third-order valence-corrected chi connectivity index (χ3v) is 6.67. The number of alkyl halides is 1. The van der Waals surface area contributed by atoms with E-state index in [4.69, 9.17) is 0 Å². The molecule has 0 aliphatic carbocycles. The number of nitrogens with zero attached hydrogens (tertiary/aromatic N) is 2. The minimum Gasteiger partial charge on any atom is -0.275 e. The predicted molar refractivity (Wildman–Crippen MR) is 69.4 cm³/mol. The van der Waals surface area contributed by atoms with Crippen LogP contribution in [0, 0.1) is 0 Å². The lowest BCUT2D eigenvalue weighted by molar-refractivity contribution is 0.113. The SMILES string of the molecule is CSC(I)(N(C)C)N1CCCCC1. The van der Waals surface area contributed by atoms with E-state index in [1.165, 1.54) is 32.4 Å². The molecule has 0 aromatic heterocycles. The highest BCUT2D eigenvalue weighted by Gasteiger charge is 2.35. The highest BCUT2D eigenvalue weighted by Crippen LogP contribution is 2.38. The van der Waals surface area contributed by atoms with Gasteiger partial charge in [-0.25, -0.2) is 0 Å². The molecule has 0 amide bonds. The number of piperidine rings is 1. The molecule has 13 heavy (non-hydrogen) atoms. The molecule has 0 N–H and O–H groups in total. The average Bonchev–Trinajstić information content (AvgIpc) is 2.17. The summed E-state index contributed by atoms with van der Waals surface area (Å²) in [4.78, 5) is 4.89. The van der Waals surface area contributed by atoms with Crippen LogP contribution in [0.2, 0.25) is 0 Å². The second kappa shape index (κ2) is 5.19. The largest absolute Gasteiger partial charge is 0.275 e. The normalized spacial score (nSPS) is 24.7. The van der Waals surface area contributed by atoms with E-state index in [0.29, 0.717) is 0 Å². The van der Waals surface area contributed by atoms with Crippen molar-refractivity contribution < 1.29 is 0 Å². The molecule has 1 aliphatic rings. The Bertz CT molecular complexity index is 160. The van der Waals surface area contributed by atoms with Gasteiger partial charge in [-0.3, -0.25) is 9.80 Å². The summed E-state index contributed by atoms with van der Waals surface area (Å²) in [7, 11) is 4.33. The van der Waals surface area contributed by atoms with Crippen LogP contribution in [-0.2, 0) is 0 Å². The van der Waals surface area contributed by atoms with Gasteiger partial charge in [0.2, 0.25) is 0 Å². The van der Waals surface area contributed by atoms with Gasteiger partial charge in [-0.1, -0.05) is 6.42 Å². The Morgan fingerprint density at radius 1 is 1.23 bits per heavy atom. The molecule has 1 heterocycles.